The van der Waals surface area contributed by atoms with E-state index < -0.39 is 0 Å². The van der Waals surface area contributed by atoms with E-state index in [1.54, 1.807) is 13.2 Å². The summed E-state index contributed by atoms with van der Waals surface area (Å²) < 4.78 is 0. The van der Waals surface area contributed by atoms with E-state index in [2.05, 4.69) is 31.7 Å². The molecule has 0 atom stereocenters. The van der Waals surface area contributed by atoms with Gasteiger partial charge in [0.2, 0.25) is 5.95 Å². The third-order valence-corrected chi connectivity index (χ3v) is 3.24. The van der Waals surface area contributed by atoms with Gasteiger partial charge in [-0.1, -0.05) is 6.07 Å². The Morgan fingerprint density at radius 2 is 2.14 bits per heavy atom. The Kier molecular flexibility index (Phi) is 3.27. The number of carbonyl (C=O) groups excluding carboxylic acids is 1. The minimum atomic E-state index is -0.306. The van der Waals surface area contributed by atoms with E-state index in [0.717, 1.165) is 27.7 Å². The Bertz CT molecular complexity index is 794. The average Bonchev–Trinajstić information content (AvgIpc) is 2.91. The molecule has 0 aliphatic heterocycles. The summed E-state index contributed by atoms with van der Waals surface area (Å²) in [6.07, 6.45) is 3.56. The maximum Gasteiger partial charge on any atom is 0.321 e. The largest absolute Gasteiger partial charge is 0.341 e. The molecule has 2 aromatic heterocycles. The lowest BCUT2D eigenvalue weighted by molar-refractivity contribution is 0.254. The third-order valence-electron chi connectivity index (χ3n) is 3.24. The summed E-state index contributed by atoms with van der Waals surface area (Å²) in [6, 6.07) is 7.65. The molecule has 3 N–H and O–H groups in total. The summed E-state index contributed by atoms with van der Waals surface area (Å²) in [4.78, 5) is 23.0. The summed E-state index contributed by atoms with van der Waals surface area (Å²) >= 11 is 0. The molecule has 0 fully saturated rings. The first-order chi connectivity index (χ1) is 10.2. The number of H-pyrrole nitrogens is 1. The second-order valence-electron chi connectivity index (χ2n) is 4.72. The normalized spacial score (nSPS) is 10.6. The lowest BCUT2D eigenvalue weighted by atomic mass is 10.0. The summed E-state index contributed by atoms with van der Waals surface area (Å²) in [6.45, 7) is 2.00. The highest BCUT2D eigenvalue weighted by Gasteiger charge is 2.09. The highest BCUT2D eigenvalue weighted by Crippen LogP contribution is 2.26. The Balaban J connectivity index is 2.05. The van der Waals surface area contributed by atoms with Crippen molar-refractivity contribution in [3.05, 3.63) is 42.2 Å². The van der Waals surface area contributed by atoms with Gasteiger partial charge in [0.05, 0.1) is 11.0 Å². The number of aromatic nitrogens is 3. The zero-order valence-corrected chi connectivity index (χ0v) is 11.8. The fraction of sp³-hybridized carbons (Fsp3) is 0.133. The molecule has 21 heavy (non-hydrogen) atoms. The van der Waals surface area contributed by atoms with Crippen LogP contribution in [0.2, 0.25) is 0 Å². The summed E-state index contributed by atoms with van der Waals surface area (Å²) in [7, 11) is 1.56. The molecule has 0 saturated carbocycles. The van der Waals surface area contributed by atoms with Crippen molar-refractivity contribution in [1.29, 1.82) is 0 Å². The molecule has 3 aromatic rings. The zero-order chi connectivity index (χ0) is 14.8. The van der Waals surface area contributed by atoms with Crippen LogP contribution in [-0.4, -0.2) is 28.0 Å². The van der Waals surface area contributed by atoms with Gasteiger partial charge < -0.3 is 10.3 Å². The van der Waals surface area contributed by atoms with Gasteiger partial charge in [0.15, 0.2) is 0 Å². The van der Waals surface area contributed by atoms with Crippen molar-refractivity contribution >= 4 is 23.0 Å². The predicted octanol–water partition coefficient (Wildman–Crippen LogP) is 2.68. The SMILES string of the molecule is CNC(=O)Nc1nc2cc(-c3cccnc3)cc(C)c2[nH]1. The number of imidazole rings is 1. The number of aryl methyl sites for hydroxylation is 1. The number of carbonyl (C=O) groups is 1. The standard InChI is InChI=1S/C15H15N5O/c1-9-6-11(10-4-3-5-17-8-10)7-12-13(9)19-14(18-12)20-15(21)16-2/h3-8H,1-2H3,(H3,16,18,19,20,21). The van der Waals surface area contributed by atoms with E-state index in [0.29, 0.717) is 5.95 Å². The second-order valence-corrected chi connectivity index (χ2v) is 4.72. The zero-order valence-electron chi connectivity index (χ0n) is 11.8. The molecule has 3 rings (SSSR count). The Morgan fingerprint density at radius 1 is 1.29 bits per heavy atom. The molecule has 0 aliphatic carbocycles. The van der Waals surface area contributed by atoms with Gasteiger partial charge in [-0.25, -0.2) is 9.78 Å². The molecule has 6 nitrogen and oxygen atoms in total. The topological polar surface area (TPSA) is 82.7 Å². The fourth-order valence-electron chi connectivity index (χ4n) is 2.22. The lowest BCUT2D eigenvalue weighted by Gasteiger charge is -2.03. The summed E-state index contributed by atoms with van der Waals surface area (Å²) in [5.74, 6) is 0.427. The van der Waals surface area contributed by atoms with Gasteiger partial charge in [-0.15, -0.1) is 0 Å². The van der Waals surface area contributed by atoms with Crippen LogP contribution < -0.4 is 10.6 Å². The molecule has 0 unspecified atom stereocenters. The van der Waals surface area contributed by atoms with Crippen LogP contribution >= 0.6 is 0 Å². The van der Waals surface area contributed by atoms with Crippen molar-refractivity contribution in [2.45, 2.75) is 6.92 Å². The number of benzene rings is 1. The molecule has 1 aromatic carbocycles. The minimum Gasteiger partial charge on any atom is -0.341 e. The van der Waals surface area contributed by atoms with Crippen LogP contribution in [0.25, 0.3) is 22.2 Å². The average molecular weight is 281 g/mol. The van der Waals surface area contributed by atoms with Crippen molar-refractivity contribution in [2.75, 3.05) is 12.4 Å². The number of hydrogen-bond acceptors (Lipinski definition) is 3. The van der Waals surface area contributed by atoms with Gasteiger partial charge in [-0.2, -0.15) is 0 Å². The first kappa shape index (κ1) is 13.1. The van der Waals surface area contributed by atoms with Crippen LogP contribution in [0.1, 0.15) is 5.56 Å². The molecule has 0 radical (unpaired) electrons. The quantitative estimate of drug-likeness (QED) is 0.675. The third kappa shape index (κ3) is 2.55. The Morgan fingerprint density at radius 3 is 2.86 bits per heavy atom. The van der Waals surface area contributed by atoms with E-state index in [9.17, 15) is 4.79 Å². The molecule has 0 bridgehead atoms. The molecule has 2 heterocycles. The maximum atomic E-state index is 11.3. The van der Waals surface area contributed by atoms with Crippen molar-refractivity contribution in [3.63, 3.8) is 0 Å². The Hall–Kier alpha value is -2.89. The van der Waals surface area contributed by atoms with Crippen LogP contribution in [0.4, 0.5) is 10.7 Å². The number of fused-ring (bicyclic) bond motifs is 1. The van der Waals surface area contributed by atoms with Gasteiger partial charge in [0.1, 0.15) is 0 Å². The van der Waals surface area contributed by atoms with Crippen LogP contribution in [0.5, 0.6) is 0 Å². The summed E-state index contributed by atoms with van der Waals surface area (Å²) in [5.41, 5.74) is 4.86. The monoisotopic (exact) mass is 281 g/mol. The number of pyridine rings is 1. The smallest absolute Gasteiger partial charge is 0.321 e. The first-order valence-corrected chi connectivity index (χ1v) is 6.57. The lowest BCUT2D eigenvalue weighted by Crippen LogP contribution is -2.24. The number of hydrogen-bond donors (Lipinski definition) is 3. The molecule has 0 spiro atoms. The van der Waals surface area contributed by atoms with Gasteiger partial charge >= 0.3 is 6.03 Å². The molecule has 6 heteroatoms. The van der Waals surface area contributed by atoms with Gasteiger partial charge in [-0.05, 0) is 36.2 Å². The number of aromatic amines is 1. The van der Waals surface area contributed by atoms with Crippen LogP contribution in [0, 0.1) is 6.92 Å². The van der Waals surface area contributed by atoms with Gasteiger partial charge in [-0.3, -0.25) is 10.3 Å². The van der Waals surface area contributed by atoms with Gasteiger partial charge in [0, 0.05) is 25.0 Å². The van der Waals surface area contributed by atoms with Crippen molar-refractivity contribution in [2.24, 2.45) is 0 Å². The molecule has 2 amide bonds. The predicted molar refractivity (Wildman–Crippen MR) is 82.1 cm³/mol. The molecule has 0 saturated heterocycles. The Labute approximate surface area is 121 Å². The van der Waals surface area contributed by atoms with E-state index in [1.807, 2.05) is 31.3 Å². The van der Waals surface area contributed by atoms with Gasteiger partial charge in [0.25, 0.3) is 0 Å². The number of amides is 2. The number of rotatable bonds is 2. The summed E-state index contributed by atoms with van der Waals surface area (Å²) in [5, 5.41) is 5.13. The van der Waals surface area contributed by atoms with E-state index in [4.69, 9.17) is 0 Å². The first-order valence-electron chi connectivity index (χ1n) is 6.57. The molecular formula is C15H15N5O. The number of urea groups is 1. The number of nitrogens with one attached hydrogen (secondary N) is 3. The molecular weight excluding hydrogens is 266 g/mol. The minimum absolute atomic E-state index is 0.306. The van der Waals surface area contributed by atoms with Crippen LogP contribution in [-0.2, 0) is 0 Å². The van der Waals surface area contributed by atoms with Crippen molar-refractivity contribution in [3.8, 4) is 11.1 Å². The van der Waals surface area contributed by atoms with Crippen LogP contribution in [0.15, 0.2) is 36.7 Å². The molecule has 0 aliphatic rings. The number of nitrogens with zero attached hydrogens (tertiary/aromatic N) is 2. The highest BCUT2D eigenvalue weighted by molar-refractivity contribution is 5.91. The number of anilines is 1. The fourth-order valence-corrected chi connectivity index (χ4v) is 2.22. The van der Waals surface area contributed by atoms with E-state index in [-0.39, 0.29) is 6.03 Å². The van der Waals surface area contributed by atoms with Crippen LogP contribution in [0.3, 0.4) is 0 Å². The highest BCUT2D eigenvalue weighted by atomic mass is 16.2. The van der Waals surface area contributed by atoms with Crippen molar-refractivity contribution < 1.29 is 4.79 Å². The van der Waals surface area contributed by atoms with E-state index >= 15 is 0 Å². The van der Waals surface area contributed by atoms with E-state index in [1.165, 1.54) is 0 Å². The maximum absolute atomic E-state index is 11.3. The second kappa shape index (κ2) is 5.24. The molecule has 106 valence electrons. The van der Waals surface area contributed by atoms with Crippen molar-refractivity contribution in [1.82, 2.24) is 20.3 Å².